The lowest BCUT2D eigenvalue weighted by Gasteiger charge is -2.07. The summed E-state index contributed by atoms with van der Waals surface area (Å²) in [7, 11) is 2.81. The van der Waals surface area contributed by atoms with Crippen LogP contribution in [0.3, 0.4) is 0 Å². The smallest absolute Gasteiger partial charge is 0.332 e. The molecule has 0 bridgehead atoms. The molecule has 0 atom stereocenters. The average molecular weight is 400 g/mol. The summed E-state index contributed by atoms with van der Waals surface area (Å²) in [6.45, 7) is -0.716. The van der Waals surface area contributed by atoms with Crippen LogP contribution in [0.25, 0.3) is 11.2 Å². The number of benzene rings is 1. The molecule has 0 spiro atoms. The van der Waals surface area contributed by atoms with Gasteiger partial charge in [-0.15, -0.1) is 0 Å². The third-order valence-corrected chi connectivity index (χ3v) is 4.58. The highest BCUT2D eigenvalue weighted by molar-refractivity contribution is 5.98. The number of Topliss-reactive ketones (excluding diaryl/α,β-unsaturated/α-hetero) is 1. The number of imidazole rings is 1. The van der Waals surface area contributed by atoms with E-state index in [9.17, 15) is 19.2 Å². The highest BCUT2D eigenvalue weighted by atomic mass is 16.7. The molecule has 0 saturated heterocycles. The van der Waals surface area contributed by atoms with Gasteiger partial charge in [-0.25, -0.2) is 9.78 Å². The monoisotopic (exact) mass is 400 g/mol. The Balaban J connectivity index is 1.47. The van der Waals surface area contributed by atoms with E-state index < -0.39 is 29.6 Å². The summed E-state index contributed by atoms with van der Waals surface area (Å²) < 4.78 is 18.9. The molecule has 150 valence electrons. The zero-order chi connectivity index (χ0) is 20.7. The van der Waals surface area contributed by atoms with Crippen LogP contribution in [-0.4, -0.2) is 43.8 Å². The number of ketones is 1. The van der Waals surface area contributed by atoms with Crippen LogP contribution in [0.15, 0.2) is 34.1 Å². The summed E-state index contributed by atoms with van der Waals surface area (Å²) in [5.74, 6) is -0.144. The molecule has 2 aromatic heterocycles. The Bertz CT molecular complexity index is 1270. The lowest BCUT2D eigenvalue weighted by atomic mass is 10.1. The van der Waals surface area contributed by atoms with Gasteiger partial charge in [0.1, 0.15) is 6.54 Å². The van der Waals surface area contributed by atoms with Gasteiger partial charge >= 0.3 is 11.7 Å². The summed E-state index contributed by atoms with van der Waals surface area (Å²) in [5.41, 5.74) is -0.538. The summed E-state index contributed by atoms with van der Waals surface area (Å²) in [6.07, 6.45) is 1.27. The maximum Gasteiger partial charge on any atom is 0.332 e. The molecule has 29 heavy (non-hydrogen) atoms. The first-order valence-corrected chi connectivity index (χ1v) is 8.56. The van der Waals surface area contributed by atoms with Crippen LogP contribution in [-0.2, 0) is 30.2 Å². The summed E-state index contributed by atoms with van der Waals surface area (Å²) in [6, 6.07) is 4.68. The minimum absolute atomic E-state index is 0.0892. The van der Waals surface area contributed by atoms with E-state index in [1.165, 1.54) is 35.6 Å². The Morgan fingerprint density at radius 1 is 1.14 bits per heavy atom. The molecular weight excluding hydrogens is 384 g/mol. The molecule has 0 amide bonds. The normalized spacial score (nSPS) is 12.3. The molecule has 4 rings (SSSR count). The maximum absolute atomic E-state index is 12.4. The third-order valence-electron chi connectivity index (χ3n) is 4.58. The number of nitrogens with zero attached hydrogens (tertiary/aromatic N) is 4. The summed E-state index contributed by atoms with van der Waals surface area (Å²) in [4.78, 5) is 52.8. The molecule has 11 nitrogen and oxygen atoms in total. The van der Waals surface area contributed by atoms with Crippen molar-refractivity contribution in [1.82, 2.24) is 18.7 Å². The van der Waals surface area contributed by atoms with Gasteiger partial charge < -0.3 is 18.8 Å². The van der Waals surface area contributed by atoms with E-state index in [2.05, 4.69) is 4.98 Å². The molecule has 0 fully saturated rings. The van der Waals surface area contributed by atoms with Gasteiger partial charge in [0.2, 0.25) is 6.79 Å². The predicted octanol–water partition coefficient (Wildman–Crippen LogP) is -0.412. The van der Waals surface area contributed by atoms with Crippen LogP contribution in [0, 0.1) is 0 Å². The molecular formula is C18H16N4O7. The van der Waals surface area contributed by atoms with Gasteiger partial charge in [0.05, 0.1) is 6.33 Å². The number of carbonyl (C=O) groups is 2. The van der Waals surface area contributed by atoms with Gasteiger partial charge in [-0.1, -0.05) is 0 Å². The molecule has 0 radical (unpaired) electrons. The van der Waals surface area contributed by atoms with E-state index in [1.54, 1.807) is 12.1 Å². The Morgan fingerprint density at radius 3 is 2.69 bits per heavy atom. The van der Waals surface area contributed by atoms with Crippen LogP contribution in [0.2, 0.25) is 0 Å². The van der Waals surface area contributed by atoms with Crippen molar-refractivity contribution in [3.05, 3.63) is 50.9 Å². The van der Waals surface area contributed by atoms with Crippen molar-refractivity contribution in [1.29, 1.82) is 0 Å². The molecule has 11 heteroatoms. The number of fused-ring (bicyclic) bond motifs is 2. The minimum Gasteiger partial charge on any atom is -0.456 e. The second-order valence-electron chi connectivity index (χ2n) is 6.40. The van der Waals surface area contributed by atoms with Gasteiger partial charge in [-0.05, 0) is 18.2 Å². The molecule has 1 aliphatic heterocycles. The zero-order valence-corrected chi connectivity index (χ0v) is 15.6. The number of esters is 1. The van der Waals surface area contributed by atoms with Crippen molar-refractivity contribution in [2.45, 2.75) is 6.54 Å². The number of rotatable bonds is 5. The molecule has 0 unspecified atom stereocenters. The van der Waals surface area contributed by atoms with Crippen molar-refractivity contribution in [3.8, 4) is 11.5 Å². The Morgan fingerprint density at radius 2 is 1.90 bits per heavy atom. The lowest BCUT2D eigenvalue weighted by molar-refractivity contribution is -0.143. The van der Waals surface area contributed by atoms with Crippen molar-refractivity contribution in [2.24, 2.45) is 14.1 Å². The van der Waals surface area contributed by atoms with E-state index in [0.29, 0.717) is 17.1 Å². The quantitative estimate of drug-likeness (QED) is 0.418. The highest BCUT2D eigenvalue weighted by Gasteiger charge is 2.19. The molecule has 1 aromatic carbocycles. The summed E-state index contributed by atoms with van der Waals surface area (Å²) in [5, 5.41) is 0. The fraction of sp³-hybridized carbons (Fsp3) is 0.278. The van der Waals surface area contributed by atoms with Gasteiger partial charge in [-0.3, -0.25) is 23.5 Å². The van der Waals surface area contributed by atoms with Crippen LogP contribution in [0.1, 0.15) is 10.4 Å². The predicted molar refractivity (Wildman–Crippen MR) is 98.1 cm³/mol. The Hall–Kier alpha value is -3.89. The highest BCUT2D eigenvalue weighted by Crippen LogP contribution is 2.32. The first-order chi connectivity index (χ1) is 13.9. The fourth-order valence-corrected chi connectivity index (χ4v) is 3.00. The number of aromatic nitrogens is 4. The van der Waals surface area contributed by atoms with E-state index in [1.807, 2.05) is 0 Å². The van der Waals surface area contributed by atoms with Crippen LogP contribution in [0.4, 0.5) is 0 Å². The van der Waals surface area contributed by atoms with E-state index >= 15 is 0 Å². The number of hydrogen-bond donors (Lipinski definition) is 0. The number of aryl methyl sites for hydroxylation is 1. The molecule has 3 heterocycles. The molecule has 1 aliphatic rings. The largest absolute Gasteiger partial charge is 0.456 e. The molecule has 0 saturated carbocycles. The van der Waals surface area contributed by atoms with Crippen LogP contribution in [0.5, 0.6) is 11.5 Å². The van der Waals surface area contributed by atoms with Crippen molar-refractivity contribution in [2.75, 3.05) is 13.4 Å². The Kier molecular flexibility index (Phi) is 4.41. The second-order valence-corrected chi connectivity index (χ2v) is 6.40. The van der Waals surface area contributed by atoms with Gasteiger partial charge in [0, 0.05) is 19.7 Å². The summed E-state index contributed by atoms with van der Waals surface area (Å²) >= 11 is 0. The van der Waals surface area contributed by atoms with E-state index in [0.717, 1.165) is 4.57 Å². The average Bonchev–Trinajstić information content (AvgIpc) is 3.35. The lowest BCUT2D eigenvalue weighted by Crippen LogP contribution is -2.37. The standard InChI is InChI=1S/C18H16N4O7/c1-20-16-15(17(25)21(2)18(20)26)22(8-19-16)6-14(24)27-7-11(23)10-3-4-12-13(5-10)29-9-28-12/h3-5,8H,6-7,9H2,1-2H3. The third kappa shape index (κ3) is 3.16. The van der Waals surface area contributed by atoms with Crippen molar-refractivity contribution >= 4 is 22.9 Å². The molecule has 0 N–H and O–H groups in total. The van der Waals surface area contributed by atoms with E-state index in [-0.39, 0.29) is 24.5 Å². The second kappa shape index (κ2) is 6.93. The molecule has 3 aromatic rings. The SMILES string of the molecule is Cn1c(=O)c2c(ncn2CC(=O)OCC(=O)c2ccc3c(c2)OCO3)n(C)c1=O. The Labute approximate surface area is 162 Å². The zero-order valence-electron chi connectivity index (χ0n) is 15.6. The van der Waals surface area contributed by atoms with Gasteiger partial charge in [0.15, 0.2) is 35.1 Å². The van der Waals surface area contributed by atoms with Crippen LogP contribution < -0.4 is 20.7 Å². The first kappa shape index (κ1) is 18.5. The van der Waals surface area contributed by atoms with Crippen molar-refractivity contribution in [3.63, 3.8) is 0 Å². The topological polar surface area (TPSA) is 124 Å². The maximum atomic E-state index is 12.4. The number of hydrogen-bond acceptors (Lipinski definition) is 8. The molecule has 0 aliphatic carbocycles. The first-order valence-electron chi connectivity index (χ1n) is 8.56. The van der Waals surface area contributed by atoms with Gasteiger partial charge in [-0.2, -0.15) is 0 Å². The fourth-order valence-electron chi connectivity index (χ4n) is 3.00. The van der Waals surface area contributed by atoms with E-state index in [4.69, 9.17) is 14.2 Å². The number of carbonyl (C=O) groups excluding carboxylic acids is 2. The van der Waals surface area contributed by atoms with Gasteiger partial charge in [0.25, 0.3) is 5.56 Å². The number of ether oxygens (including phenoxy) is 3. The van der Waals surface area contributed by atoms with Crippen LogP contribution >= 0.6 is 0 Å². The minimum atomic E-state index is -0.728. The van der Waals surface area contributed by atoms with Crippen molar-refractivity contribution < 1.29 is 23.8 Å².